The van der Waals surface area contributed by atoms with E-state index in [2.05, 4.69) is 25.2 Å². The maximum atomic E-state index is 13.4. The van der Waals surface area contributed by atoms with Crippen molar-refractivity contribution < 1.29 is 18.0 Å². The van der Waals surface area contributed by atoms with E-state index in [1.54, 1.807) is 18.3 Å². The molecule has 31 heavy (non-hydrogen) atoms. The molecule has 1 aliphatic heterocycles. The largest absolute Gasteiger partial charge is 0.411 e. The minimum atomic E-state index is -3.22. The van der Waals surface area contributed by atoms with Crippen LogP contribution >= 0.6 is 11.6 Å². The molecule has 11 heteroatoms. The van der Waals surface area contributed by atoms with Gasteiger partial charge in [0.1, 0.15) is 17.5 Å². The number of oxime groups is 1. The second kappa shape index (κ2) is 8.89. The van der Waals surface area contributed by atoms with Crippen molar-refractivity contribution in [3.05, 3.63) is 58.0 Å². The number of fused-ring (bicyclic) bond motifs is 1. The van der Waals surface area contributed by atoms with Gasteiger partial charge < -0.3 is 10.5 Å². The summed E-state index contributed by atoms with van der Waals surface area (Å²) in [5, 5.41) is 15.9. The summed E-state index contributed by atoms with van der Waals surface area (Å²) in [6.45, 7) is 0.530. The number of aromatic nitrogens is 1. The van der Waals surface area contributed by atoms with Crippen molar-refractivity contribution in [2.75, 3.05) is 18.4 Å². The molecular formula is C20H21ClFN5O3S. The topological polar surface area (TPSA) is 116 Å². The number of hydrogen-bond acceptors (Lipinski definition) is 6. The summed E-state index contributed by atoms with van der Waals surface area (Å²) in [4.78, 5) is 8.74. The van der Waals surface area contributed by atoms with Gasteiger partial charge in [-0.3, -0.25) is 4.99 Å². The Labute approximate surface area is 184 Å². The molecule has 1 aliphatic carbocycles. The van der Waals surface area contributed by atoms with Gasteiger partial charge in [-0.15, -0.1) is 0 Å². The zero-order chi connectivity index (χ0) is 22.0. The van der Waals surface area contributed by atoms with E-state index in [0.717, 1.165) is 5.56 Å². The van der Waals surface area contributed by atoms with Crippen LogP contribution in [0.25, 0.3) is 0 Å². The van der Waals surface area contributed by atoms with Gasteiger partial charge >= 0.3 is 0 Å². The van der Waals surface area contributed by atoms with Crippen LogP contribution in [0.1, 0.15) is 29.5 Å². The standard InChI is InChI=1S/C20H21ClFN5O3S/c21-16-9-12(1-4-17(16)22)10-18(27-28)14-5-6-24-20-15(14)11-19(26-20)23-7-8-25-31(29,30)13-2-3-13/h1,4-6,9,13,25,28H,2-3,7-8,10-11H2,(H,23,24,26)/b27-18+. The summed E-state index contributed by atoms with van der Waals surface area (Å²) < 4.78 is 39.7. The van der Waals surface area contributed by atoms with E-state index >= 15 is 0 Å². The zero-order valence-electron chi connectivity index (χ0n) is 16.5. The van der Waals surface area contributed by atoms with Crippen molar-refractivity contribution in [1.82, 2.24) is 9.71 Å². The van der Waals surface area contributed by atoms with E-state index in [9.17, 15) is 18.0 Å². The van der Waals surface area contributed by atoms with E-state index < -0.39 is 15.8 Å². The molecule has 0 unspecified atom stereocenters. The van der Waals surface area contributed by atoms with E-state index in [1.165, 1.54) is 12.1 Å². The number of sulfonamides is 1. The quantitative estimate of drug-likeness (QED) is 0.240. The molecule has 4 rings (SSSR count). The first-order valence-electron chi connectivity index (χ1n) is 9.79. The molecule has 0 amide bonds. The Hall–Kier alpha value is -2.56. The highest BCUT2D eigenvalue weighted by atomic mass is 35.5. The minimum Gasteiger partial charge on any atom is -0.411 e. The number of amidine groups is 1. The highest BCUT2D eigenvalue weighted by molar-refractivity contribution is 7.90. The fraction of sp³-hybridized carbons (Fsp3) is 0.350. The summed E-state index contributed by atoms with van der Waals surface area (Å²) in [5.41, 5.74) is 2.61. The third-order valence-corrected chi connectivity index (χ3v) is 7.38. The van der Waals surface area contributed by atoms with Gasteiger partial charge in [-0.1, -0.05) is 22.8 Å². The molecule has 0 atom stereocenters. The Morgan fingerprint density at radius 3 is 2.87 bits per heavy atom. The molecule has 1 fully saturated rings. The molecule has 0 spiro atoms. The molecule has 2 aromatic rings. The van der Waals surface area contributed by atoms with Gasteiger partial charge in [0.25, 0.3) is 0 Å². The summed E-state index contributed by atoms with van der Waals surface area (Å²) in [6.07, 6.45) is 3.72. The van der Waals surface area contributed by atoms with Crippen LogP contribution in [-0.4, -0.2) is 48.5 Å². The number of hydrogen-bond donors (Lipinski definition) is 3. The Bertz CT molecular complexity index is 1170. The Morgan fingerprint density at radius 1 is 1.35 bits per heavy atom. The number of aliphatic imine (C=N–C) groups is 1. The summed E-state index contributed by atoms with van der Waals surface area (Å²) >= 11 is 5.85. The van der Waals surface area contributed by atoms with Crippen molar-refractivity contribution >= 4 is 39.0 Å². The lowest BCUT2D eigenvalue weighted by Gasteiger charge is -2.09. The number of nitrogens with zero attached hydrogens (tertiary/aromatic N) is 3. The van der Waals surface area contributed by atoms with Crippen molar-refractivity contribution in [2.45, 2.75) is 30.9 Å². The van der Waals surface area contributed by atoms with Crippen LogP contribution < -0.4 is 10.0 Å². The van der Waals surface area contributed by atoms with Gasteiger partial charge in [0.15, 0.2) is 0 Å². The highest BCUT2D eigenvalue weighted by Crippen LogP contribution is 2.28. The van der Waals surface area contributed by atoms with Gasteiger partial charge in [-0.2, -0.15) is 0 Å². The van der Waals surface area contributed by atoms with E-state index in [1.807, 2.05) is 0 Å². The predicted octanol–water partition coefficient (Wildman–Crippen LogP) is 2.74. The maximum Gasteiger partial charge on any atom is 0.214 e. The minimum absolute atomic E-state index is 0.00291. The van der Waals surface area contributed by atoms with Gasteiger partial charge in [0, 0.05) is 36.7 Å². The van der Waals surface area contributed by atoms with Crippen molar-refractivity contribution in [3.8, 4) is 0 Å². The maximum absolute atomic E-state index is 13.4. The third kappa shape index (κ3) is 5.03. The molecule has 1 aromatic carbocycles. The smallest absolute Gasteiger partial charge is 0.214 e. The molecule has 0 radical (unpaired) electrons. The number of rotatable bonds is 8. The van der Waals surface area contributed by atoms with Crippen LogP contribution in [0.2, 0.25) is 5.02 Å². The van der Waals surface area contributed by atoms with Gasteiger partial charge in [-0.05, 0) is 36.6 Å². The zero-order valence-corrected chi connectivity index (χ0v) is 18.0. The molecule has 0 bridgehead atoms. The number of benzene rings is 1. The fourth-order valence-corrected chi connectivity index (χ4v) is 4.97. The van der Waals surface area contributed by atoms with Crippen molar-refractivity contribution in [1.29, 1.82) is 0 Å². The van der Waals surface area contributed by atoms with Gasteiger partial charge in [0.2, 0.25) is 10.0 Å². The number of nitrogens with one attached hydrogen (secondary N) is 2. The lowest BCUT2D eigenvalue weighted by atomic mass is 9.98. The van der Waals surface area contributed by atoms with Crippen molar-refractivity contribution in [3.63, 3.8) is 0 Å². The van der Waals surface area contributed by atoms with Crippen LogP contribution in [0.3, 0.4) is 0 Å². The highest BCUT2D eigenvalue weighted by Gasteiger charge is 2.35. The Balaban J connectivity index is 1.44. The van der Waals surface area contributed by atoms with E-state index in [-0.39, 0.29) is 23.2 Å². The predicted molar refractivity (Wildman–Crippen MR) is 117 cm³/mol. The Kier molecular flexibility index (Phi) is 6.22. The van der Waals surface area contributed by atoms with Crippen LogP contribution in [0, 0.1) is 5.82 Å². The first kappa shape index (κ1) is 21.7. The molecule has 1 saturated carbocycles. The van der Waals surface area contributed by atoms with Crippen LogP contribution in [0.5, 0.6) is 0 Å². The lowest BCUT2D eigenvalue weighted by molar-refractivity contribution is 0.318. The fourth-order valence-electron chi connectivity index (χ4n) is 3.40. The first-order valence-corrected chi connectivity index (χ1v) is 11.7. The third-order valence-electron chi connectivity index (χ3n) is 5.13. The molecule has 0 saturated heterocycles. The van der Waals surface area contributed by atoms with E-state index in [4.69, 9.17) is 11.6 Å². The Morgan fingerprint density at radius 2 is 2.16 bits per heavy atom. The molecule has 164 valence electrons. The monoisotopic (exact) mass is 465 g/mol. The number of anilines is 1. The first-order chi connectivity index (χ1) is 14.9. The molecule has 1 aromatic heterocycles. The molecule has 2 aliphatic rings. The average Bonchev–Trinajstić information content (AvgIpc) is 3.52. The number of pyridine rings is 1. The van der Waals surface area contributed by atoms with Crippen LogP contribution in [-0.2, 0) is 22.9 Å². The van der Waals surface area contributed by atoms with E-state index in [0.29, 0.717) is 54.3 Å². The SMILES string of the molecule is O=S(=O)(NCCN=C1Cc2c(/C(Cc3ccc(F)c(Cl)c3)=N/O)ccnc2N1)C1CC1. The molecule has 3 N–H and O–H groups in total. The van der Waals surface area contributed by atoms with Gasteiger partial charge in [-0.25, -0.2) is 22.5 Å². The summed E-state index contributed by atoms with van der Waals surface area (Å²) in [6, 6.07) is 6.10. The summed E-state index contributed by atoms with van der Waals surface area (Å²) in [5.74, 6) is 0.748. The number of halogens is 2. The normalized spacial score (nSPS) is 17.6. The molecule has 8 nitrogen and oxygen atoms in total. The average molecular weight is 466 g/mol. The molecule has 2 heterocycles. The second-order valence-electron chi connectivity index (χ2n) is 7.43. The second-order valence-corrected chi connectivity index (χ2v) is 9.88. The van der Waals surface area contributed by atoms with Crippen LogP contribution in [0.4, 0.5) is 10.2 Å². The van der Waals surface area contributed by atoms with Gasteiger partial charge in [0.05, 0.1) is 22.5 Å². The summed E-state index contributed by atoms with van der Waals surface area (Å²) in [7, 11) is -3.22. The van der Waals surface area contributed by atoms with Crippen molar-refractivity contribution in [2.24, 2.45) is 10.1 Å². The van der Waals surface area contributed by atoms with Crippen LogP contribution in [0.15, 0.2) is 40.6 Å². The molecular weight excluding hydrogens is 445 g/mol. The lowest BCUT2D eigenvalue weighted by Crippen LogP contribution is -2.29.